The van der Waals surface area contributed by atoms with Crippen LogP contribution in [0.5, 0.6) is 0 Å². The van der Waals surface area contributed by atoms with Crippen molar-refractivity contribution in [3.8, 4) is 0 Å². The number of nitrogens with zero attached hydrogens (tertiary/aromatic N) is 1. The van der Waals surface area contributed by atoms with Crippen LogP contribution in [-0.2, 0) is 4.79 Å². The summed E-state index contributed by atoms with van der Waals surface area (Å²) in [5, 5.41) is 0. The van der Waals surface area contributed by atoms with Crippen LogP contribution in [0, 0.1) is 17.3 Å². The fraction of sp³-hybridized carbons (Fsp3) is 0.933. The van der Waals surface area contributed by atoms with E-state index in [-0.39, 0.29) is 5.91 Å². The highest BCUT2D eigenvalue weighted by molar-refractivity contribution is 5.85. The van der Waals surface area contributed by atoms with E-state index in [1.165, 1.54) is 12.8 Å². The first-order chi connectivity index (χ1) is 8.73. The van der Waals surface area contributed by atoms with E-state index in [0.717, 1.165) is 31.8 Å². The SMILES string of the molecule is CC(C)(C)C1CCN(CC(N)(C(N)=O)C2CC2)CC1. The average Bonchev–Trinajstić information content (AvgIpc) is 3.12. The molecule has 1 heterocycles. The number of carbonyl (C=O) groups excluding carboxylic acids is 1. The zero-order chi connectivity index (χ0) is 14.3. The van der Waals surface area contributed by atoms with Crippen molar-refractivity contribution in [2.24, 2.45) is 28.7 Å². The molecule has 0 bridgehead atoms. The molecule has 0 aromatic rings. The van der Waals surface area contributed by atoms with Crippen molar-refractivity contribution in [3.63, 3.8) is 0 Å². The molecular weight excluding hydrogens is 238 g/mol. The van der Waals surface area contributed by atoms with Gasteiger partial charge in [0.25, 0.3) is 0 Å². The summed E-state index contributed by atoms with van der Waals surface area (Å²) < 4.78 is 0. The molecule has 110 valence electrons. The zero-order valence-corrected chi connectivity index (χ0v) is 12.6. The highest BCUT2D eigenvalue weighted by Gasteiger charge is 2.48. The molecule has 2 rings (SSSR count). The van der Waals surface area contributed by atoms with Crippen molar-refractivity contribution < 1.29 is 4.79 Å². The molecule has 0 aromatic carbocycles. The molecule has 4 nitrogen and oxygen atoms in total. The third kappa shape index (κ3) is 3.29. The summed E-state index contributed by atoms with van der Waals surface area (Å²) in [6.45, 7) is 9.67. The normalized spacial score (nSPS) is 26.1. The first kappa shape index (κ1) is 14.8. The van der Waals surface area contributed by atoms with Crippen LogP contribution >= 0.6 is 0 Å². The van der Waals surface area contributed by atoms with Crippen molar-refractivity contribution in [1.29, 1.82) is 0 Å². The lowest BCUT2D eigenvalue weighted by atomic mass is 9.75. The monoisotopic (exact) mass is 267 g/mol. The number of nitrogens with two attached hydrogens (primary N) is 2. The number of hydrogen-bond acceptors (Lipinski definition) is 3. The second-order valence-corrected chi connectivity index (χ2v) is 7.60. The van der Waals surface area contributed by atoms with E-state index in [0.29, 0.717) is 17.9 Å². The molecule has 0 spiro atoms. The third-order valence-corrected chi connectivity index (χ3v) is 5.06. The van der Waals surface area contributed by atoms with Crippen molar-refractivity contribution in [2.45, 2.75) is 52.0 Å². The maximum atomic E-state index is 11.7. The predicted molar refractivity (Wildman–Crippen MR) is 77.5 cm³/mol. The first-order valence-electron chi connectivity index (χ1n) is 7.54. The molecule has 1 atom stereocenters. The Balaban J connectivity index is 1.90. The van der Waals surface area contributed by atoms with Crippen LogP contribution in [0.2, 0.25) is 0 Å². The minimum Gasteiger partial charge on any atom is -0.368 e. The lowest BCUT2D eigenvalue weighted by Gasteiger charge is -2.41. The fourth-order valence-electron chi connectivity index (χ4n) is 3.33. The van der Waals surface area contributed by atoms with Crippen LogP contribution in [0.15, 0.2) is 0 Å². The van der Waals surface area contributed by atoms with Crippen LogP contribution in [-0.4, -0.2) is 36.0 Å². The van der Waals surface area contributed by atoms with E-state index in [2.05, 4.69) is 25.7 Å². The standard InChI is InChI=1S/C15H29N3O/c1-14(2,3)11-6-8-18(9-7-11)10-15(17,13(16)19)12-4-5-12/h11-12H,4-10,17H2,1-3H3,(H2,16,19). The van der Waals surface area contributed by atoms with Crippen molar-refractivity contribution in [1.82, 2.24) is 4.90 Å². The van der Waals surface area contributed by atoms with Gasteiger partial charge in [0.05, 0.1) is 0 Å². The fourth-order valence-corrected chi connectivity index (χ4v) is 3.33. The maximum absolute atomic E-state index is 11.7. The predicted octanol–water partition coefficient (Wildman–Crippen LogP) is 1.34. The molecule has 4 N–H and O–H groups in total. The van der Waals surface area contributed by atoms with E-state index in [4.69, 9.17) is 11.5 Å². The Bertz CT molecular complexity index is 338. The van der Waals surface area contributed by atoms with Crippen LogP contribution in [0.3, 0.4) is 0 Å². The van der Waals surface area contributed by atoms with E-state index >= 15 is 0 Å². The van der Waals surface area contributed by atoms with Gasteiger partial charge in [-0.1, -0.05) is 20.8 Å². The number of amides is 1. The van der Waals surface area contributed by atoms with Gasteiger partial charge >= 0.3 is 0 Å². The van der Waals surface area contributed by atoms with Crippen molar-refractivity contribution >= 4 is 5.91 Å². The van der Waals surface area contributed by atoms with Gasteiger partial charge in [-0.3, -0.25) is 4.79 Å². The van der Waals surface area contributed by atoms with Crippen LogP contribution < -0.4 is 11.5 Å². The average molecular weight is 267 g/mol. The molecule has 1 saturated heterocycles. The Labute approximate surface area is 116 Å². The van der Waals surface area contributed by atoms with Gasteiger partial charge in [-0.15, -0.1) is 0 Å². The highest BCUT2D eigenvalue weighted by atomic mass is 16.1. The van der Waals surface area contributed by atoms with Crippen molar-refractivity contribution in [3.05, 3.63) is 0 Å². The Hall–Kier alpha value is -0.610. The maximum Gasteiger partial charge on any atom is 0.239 e. The molecule has 4 heteroatoms. The molecule has 1 aliphatic carbocycles. The van der Waals surface area contributed by atoms with E-state index in [9.17, 15) is 4.79 Å². The van der Waals surface area contributed by atoms with Gasteiger partial charge < -0.3 is 16.4 Å². The number of hydrogen-bond donors (Lipinski definition) is 2. The lowest BCUT2D eigenvalue weighted by molar-refractivity contribution is -0.124. The summed E-state index contributed by atoms with van der Waals surface area (Å²) in [5.41, 5.74) is 11.4. The van der Waals surface area contributed by atoms with Crippen LogP contribution in [0.25, 0.3) is 0 Å². The second kappa shape index (κ2) is 5.06. The molecule has 19 heavy (non-hydrogen) atoms. The minimum absolute atomic E-state index is 0.310. The topological polar surface area (TPSA) is 72.3 Å². The van der Waals surface area contributed by atoms with E-state index in [1.807, 2.05) is 0 Å². The summed E-state index contributed by atoms with van der Waals surface area (Å²) in [5.74, 6) is 0.753. The zero-order valence-electron chi connectivity index (χ0n) is 12.6. The second-order valence-electron chi connectivity index (χ2n) is 7.60. The quantitative estimate of drug-likeness (QED) is 0.807. The third-order valence-electron chi connectivity index (χ3n) is 5.06. The largest absolute Gasteiger partial charge is 0.368 e. The molecule has 2 fully saturated rings. The molecule has 1 unspecified atom stereocenters. The number of piperidine rings is 1. The Morgan fingerprint density at radius 1 is 1.11 bits per heavy atom. The van der Waals surface area contributed by atoms with E-state index < -0.39 is 5.54 Å². The van der Waals surface area contributed by atoms with Gasteiger partial charge in [-0.2, -0.15) is 0 Å². The molecule has 1 saturated carbocycles. The molecule has 0 aromatic heterocycles. The smallest absolute Gasteiger partial charge is 0.239 e. The van der Waals surface area contributed by atoms with Gasteiger partial charge in [0.1, 0.15) is 5.54 Å². The van der Waals surface area contributed by atoms with Crippen molar-refractivity contribution in [2.75, 3.05) is 19.6 Å². The summed E-state index contributed by atoms with van der Waals surface area (Å²) >= 11 is 0. The Morgan fingerprint density at radius 2 is 1.63 bits per heavy atom. The van der Waals surface area contributed by atoms with Gasteiger partial charge in [0.15, 0.2) is 0 Å². The van der Waals surface area contributed by atoms with Crippen LogP contribution in [0.1, 0.15) is 46.5 Å². The molecule has 1 amide bonds. The highest BCUT2D eigenvalue weighted by Crippen LogP contribution is 2.40. The number of primary amides is 1. The lowest BCUT2D eigenvalue weighted by Crippen LogP contribution is -2.61. The first-order valence-corrected chi connectivity index (χ1v) is 7.54. The molecule has 2 aliphatic rings. The summed E-state index contributed by atoms with van der Waals surface area (Å²) in [7, 11) is 0. The van der Waals surface area contributed by atoms with E-state index in [1.54, 1.807) is 0 Å². The molecule has 0 radical (unpaired) electrons. The minimum atomic E-state index is -0.797. The molecule has 1 aliphatic heterocycles. The van der Waals surface area contributed by atoms with Gasteiger partial charge in [-0.25, -0.2) is 0 Å². The Morgan fingerprint density at radius 3 is 2.00 bits per heavy atom. The summed E-state index contributed by atoms with van der Waals surface area (Å²) in [6.07, 6.45) is 4.50. The van der Waals surface area contributed by atoms with Gasteiger partial charge in [0, 0.05) is 6.54 Å². The van der Waals surface area contributed by atoms with Crippen LogP contribution in [0.4, 0.5) is 0 Å². The number of likely N-dealkylation sites (tertiary alicyclic amines) is 1. The van der Waals surface area contributed by atoms with Gasteiger partial charge in [-0.05, 0) is 56.0 Å². The summed E-state index contributed by atoms with van der Waals surface area (Å²) in [6, 6.07) is 0. The van der Waals surface area contributed by atoms with Gasteiger partial charge in [0.2, 0.25) is 5.91 Å². The molecular formula is C15H29N3O. The number of carbonyl (C=O) groups is 1. The summed E-state index contributed by atoms with van der Waals surface area (Å²) in [4.78, 5) is 14.0. The number of rotatable bonds is 4. The Kier molecular flexibility index (Phi) is 3.94.